The maximum absolute atomic E-state index is 8.74. The molecule has 0 radical (unpaired) electrons. The number of H-pyrrole nitrogens is 1. The van der Waals surface area contributed by atoms with Gasteiger partial charge in [-0.1, -0.05) is 18.3 Å². The third-order valence-electron chi connectivity index (χ3n) is 0.681. The van der Waals surface area contributed by atoms with E-state index in [0.717, 1.165) is 4.64 Å². The summed E-state index contributed by atoms with van der Waals surface area (Å²) in [6.45, 7) is 0. The van der Waals surface area contributed by atoms with Crippen molar-refractivity contribution in [2.24, 2.45) is 0 Å². The average molecular weight is 254 g/mol. The molecule has 0 amide bonds. The van der Waals surface area contributed by atoms with Gasteiger partial charge in [0.2, 0.25) is 0 Å². The van der Waals surface area contributed by atoms with E-state index in [1.807, 2.05) is 24.4 Å². The van der Waals surface area contributed by atoms with E-state index in [9.17, 15) is 0 Å². The van der Waals surface area contributed by atoms with Gasteiger partial charge in [-0.2, -0.15) is 8.42 Å². The van der Waals surface area contributed by atoms with Gasteiger partial charge in [0, 0.05) is 6.20 Å². The van der Waals surface area contributed by atoms with E-state index in [2.05, 4.69) is 4.98 Å². The molecule has 1 aromatic rings. The van der Waals surface area contributed by atoms with Crippen molar-refractivity contribution in [1.82, 2.24) is 4.98 Å². The van der Waals surface area contributed by atoms with Crippen LogP contribution in [-0.2, 0) is 10.4 Å². The number of hydrogen-bond donors (Lipinski definition) is 3. The molecule has 0 saturated carbocycles. The molecule has 5 N–H and O–H groups in total. The van der Waals surface area contributed by atoms with Crippen LogP contribution in [0.15, 0.2) is 24.4 Å². The fourth-order valence-corrected chi connectivity index (χ4v) is 0.523. The molecule has 0 saturated heterocycles. The fraction of sp³-hybridized carbons (Fsp3) is 0. The summed E-state index contributed by atoms with van der Waals surface area (Å²) < 4.78 is 32.4. The molecule has 0 atom stereocenters. The molecule has 0 aliphatic rings. The Balaban J connectivity index is -0.0000000419. The Hall–Kier alpha value is -0.0338. The quantitative estimate of drug-likeness (QED) is 0.344. The molecule has 1 aromatic heterocycles. The standard InChI is InChI=1S/C5H5NS.Mg.H2O4S.H2O.2H/c7-5-3-1-2-4-6-5;;1-5(2,3)4;;;/h1-4H,(H,6,7);;(H2,1,2,3,4);1H2;;/q;+2;;;2*-1. The Morgan fingerprint density at radius 1 is 1.36 bits per heavy atom. The number of aromatic amines is 1. The van der Waals surface area contributed by atoms with Crippen molar-refractivity contribution < 1.29 is 25.9 Å². The summed E-state index contributed by atoms with van der Waals surface area (Å²) in [6.07, 6.45) is 1.81. The topological polar surface area (TPSA) is 122 Å². The molecule has 0 spiro atoms. The zero-order valence-corrected chi connectivity index (χ0v) is 10.1. The van der Waals surface area contributed by atoms with Crippen LogP contribution in [0.25, 0.3) is 0 Å². The Morgan fingerprint density at radius 3 is 1.93 bits per heavy atom. The SMILES string of the molecule is O.O=S(=O)(O)O.S=c1cccc[nH]1.[H-].[H-].[Mg+2]. The Morgan fingerprint density at radius 2 is 1.79 bits per heavy atom. The van der Waals surface area contributed by atoms with Gasteiger partial charge in [-0.25, -0.2) is 0 Å². The maximum atomic E-state index is 8.74. The van der Waals surface area contributed by atoms with Crippen molar-refractivity contribution in [3.05, 3.63) is 29.0 Å². The normalized spacial score (nSPS) is 8.43. The summed E-state index contributed by atoms with van der Waals surface area (Å²) in [4.78, 5) is 2.85. The molecule has 9 heteroatoms. The van der Waals surface area contributed by atoms with Crippen LogP contribution in [0.5, 0.6) is 0 Å². The summed E-state index contributed by atoms with van der Waals surface area (Å²) in [5.41, 5.74) is 0. The predicted molar refractivity (Wildman–Crippen MR) is 57.4 cm³/mol. The van der Waals surface area contributed by atoms with E-state index < -0.39 is 10.4 Å². The molecule has 14 heavy (non-hydrogen) atoms. The maximum Gasteiger partial charge on any atom is 2.00 e. The molecule has 0 bridgehead atoms. The second-order valence-electron chi connectivity index (χ2n) is 1.67. The Bertz CT molecular complexity index is 359. The molecule has 0 fully saturated rings. The first-order valence-electron chi connectivity index (χ1n) is 2.73. The summed E-state index contributed by atoms with van der Waals surface area (Å²) in [6, 6.07) is 5.64. The molecule has 6 nitrogen and oxygen atoms in total. The minimum Gasteiger partial charge on any atom is -1.00 e. The first-order valence-corrected chi connectivity index (χ1v) is 4.54. The van der Waals surface area contributed by atoms with Gasteiger partial charge in [0.05, 0.1) is 0 Å². The van der Waals surface area contributed by atoms with Gasteiger partial charge in [-0.3, -0.25) is 9.11 Å². The zero-order valence-electron chi connectivity index (χ0n) is 9.04. The van der Waals surface area contributed by atoms with E-state index in [1.165, 1.54) is 0 Å². The minimum atomic E-state index is -4.67. The van der Waals surface area contributed by atoms with Crippen molar-refractivity contribution in [1.29, 1.82) is 0 Å². The molecule has 0 aromatic carbocycles. The van der Waals surface area contributed by atoms with Gasteiger partial charge in [0.25, 0.3) is 0 Å². The first-order chi connectivity index (χ1) is 5.39. The molecule has 0 unspecified atom stereocenters. The Kier molecular flexibility index (Phi) is 13.3. The van der Waals surface area contributed by atoms with E-state index in [1.54, 1.807) is 0 Å². The van der Waals surface area contributed by atoms with Crippen molar-refractivity contribution in [2.45, 2.75) is 0 Å². The minimum absolute atomic E-state index is 0. The zero-order chi connectivity index (χ0) is 9.61. The van der Waals surface area contributed by atoms with E-state index in [0.29, 0.717) is 0 Å². The van der Waals surface area contributed by atoms with Gasteiger partial charge < -0.3 is 13.3 Å². The van der Waals surface area contributed by atoms with Gasteiger partial charge in [0.15, 0.2) is 0 Å². The average Bonchev–Trinajstić information content (AvgIpc) is 1.85. The third-order valence-corrected chi connectivity index (χ3v) is 0.934. The molecule has 0 aliphatic carbocycles. The van der Waals surface area contributed by atoms with Gasteiger partial charge >= 0.3 is 33.5 Å². The third kappa shape index (κ3) is 22.7. The molecule has 1 heterocycles. The van der Waals surface area contributed by atoms with Crippen molar-refractivity contribution in [3.63, 3.8) is 0 Å². The summed E-state index contributed by atoms with van der Waals surface area (Å²) >= 11 is 4.76. The van der Waals surface area contributed by atoms with Crippen LogP contribution in [0.2, 0.25) is 0 Å². The van der Waals surface area contributed by atoms with Gasteiger partial charge in [0.1, 0.15) is 4.64 Å². The van der Waals surface area contributed by atoms with Crippen LogP contribution >= 0.6 is 12.2 Å². The molecular weight excluding hydrogens is 242 g/mol. The van der Waals surface area contributed by atoms with E-state index in [-0.39, 0.29) is 31.4 Å². The second-order valence-corrected chi connectivity index (χ2v) is 3.01. The molecule has 0 aliphatic heterocycles. The monoisotopic (exact) mass is 253 g/mol. The summed E-state index contributed by atoms with van der Waals surface area (Å²) in [5.74, 6) is 0. The largest absolute Gasteiger partial charge is 2.00 e. The second kappa shape index (κ2) is 9.52. The van der Waals surface area contributed by atoms with Crippen molar-refractivity contribution >= 4 is 45.7 Å². The molecular formula is C5H11MgNO5S2. The van der Waals surface area contributed by atoms with Gasteiger partial charge in [-0.15, -0.1) is 0 Å². The molecule has 80 valence electrons. The van der Waals surface area contributed by atoms with Gasteiger partial charge in [-0.05, 0) is 12.1 Å². The summed E-state index contributed by atoms with van der Waals surface area (Å²) in [5, 5.41) is 0. The smallest absolute Gasteiger partial charge is 1.00 e. The molecule has 1 rings (SSSR count). The number of pyridine rings is 1. The Labute approximate surface area is 105 Å². The van der Waals surface area contributed by atoms with E-state index in [4.69, 9.17) is 29.7 Å². The summed E-state index contributed by atoms with van der Waals surface area (Å²) in [7, 11) is -4.67. The first kappa shape index (κ1) is 19.5. The van der Waals surface area contributed by atoms with Crippen LogP contribution in [0.1, 0.15) is 2.85 Å². The van der Waals surface area contributed by atoms with Crippen molar-refractivity contribution in [3.8, 4) is 0 Å². The number of aromatic nitrogens is 1. The number of rotatable bonds is 0. The number of nitrogens with one attached hydrogen (secondary N) is 1. The fourth-order valence-electron chi connectivity index (χ4n) is 0.377. The van der Waals surface area contributed by atoms with Crippen molar-refractivity contribution in [2.75, 3.05) is 0 Å². The number of hydrogen-bond acceptors (Lipinski definition) is 3. The predicted octanol–water partition coefficient (Wildman–Crippen LogP) is 0.111. The van der Waals surface area contributed by atoms with E-state index >= 15 is 0 Å². The van der Waals surface area contributed by atoms with Crippen LogP contribution < -0.4 is 0 Å². The van der Waals surface area contributed by atoms with Crippen LogP contribution in [0, 0.1) is 4.64 Å². The van der Waals surface area contributed by atoms with Crippen LogP contribution in [0.3, 0.4) is 0 Å². The van der Waals surface area contributed by atoms with Crippen LogP contribution in [0.4, 0.5) is 0 Å². The van der Waals surface area contributed by atoms with Crippen LogP contribution in [-0.4, -0.2) is 51.0 Å².